The fraction of sp³-hybridized carbons (Fsp3) is 0.364. The van der Waals surface area contributed by atoms with Crippen LogP contribution in [0.3, 0.4) is 0 Å². The Bertz CT molecular complexity index is 558. The van der Waals surface area contributed by atoms with E-state index in [-0.39, 0.29) is 12.6 Å². The number of rotatable bonds is 4. The third kappa shape index (κ3) is 1.64. The van der Waals surface area contributed by atoms with Gasteiger partial charge in [-0.15, -0.1) is 17.9 Å². The number of carboxylic acid groups (broad SMARTS) is 1. The van der Waals surface area contributed by atoms with Crippen molar-refractivity contribution in [3.63, 3.8) is 0 Å². The Morgan fingerprint density at radius 1 is 1.74 bits per heavy atom. The van der Waals surface area contributed by atoms with Gasteiger partial charge in [0, 0.05) is 0 Å². The highest BCUT2D eigenvalue weighted by Crippen LogP contribution is 2.45. The highest BCUT2D eigenvalue weighted by molar-refractivity contribution is 7.09. The number of aromatic nitrogens is 1. The molecular formula is C11H11N3O4S. The Labute approximate surface area is 112 Å². The molecule has 1 N–H and O–H groups in total. The summed E-state index contributed by atoms with van der Waals surface area (Å²) in [4.78, 5) is 35.0. The SMILES string of the molecule is C=CCON1C(=O)N2C[C@@H]1c1scnc1[C@H]2C(=O)O. The number of urea groups is 1. The summed E-state index contributed by atoms with van der Waals surface area (Å²) in [7, 11) is 0. The average Bonchev–Trinajstić information content (AvgIpc) is 2.94. The van der Waals surface area contributed by atoms with E-state index in [1.807, 2.05) is 0 Å². The van der Waals surface area contributed by atoms with E-state index in [0.29, 0.717) is 12.2 Å². The van der Waals surface area contributed by atoms with Crippen molar-refractivity contribution < 1.29 is 19.5 Å². The van der Waals surface area contributed by atoms with Crippen LogP contribution < -0.4 is 0 Å². The molecule has 8 heteroatoms. The summed E-state index contributed by atoms with van der Waals surface area (Å²) in [6.07, 6.45) is 1.53. The minimum atomic E-state index is -1.08. The van der Waals surface area contributed by atoms with Crippen molar-refractivity contribution in [2.75, 3.05) is 13.2 Å². The monoisotopic (exact) mass is 281 g/mol. The molecule has 2 atom stereocenters. The van der Waals surface area contributed by atoms with Gasteiger partial charge in [-0.1, -0.05) is 6.08 Å². The summed E-state index contributed by atoms with van der Waals surface area (Å²) < 4.78 is 0. The average molecular weight is 281 g/mol. The van der Waals surface area contributed by atoms with Crippen molar-refractivity contribution in [3.8, 4) is 0 Å². The van der Waals surface area contributed by atoms with Crippen LogP contribution in [0.15, 0.2) is 18.2 Å². The first-order valence-corrected chi connectivity index (χ1v) is 6.52. The van der Waals surface area contributed by atoms with Crippen LogP contribution >= 0.6 is 11.3 Å². The number of carbonyl (C=O) groups is 2. The first kappa shape index (κ1) is 12.1. The molecule has 0 unspecified atom stereocenters. The summed E-state index contributed by atoms with van der Waals surface area (Å²) in [5, 5.41) is 10.5. The van der Waals surface area contributed by atoms with Crippen LogP contribution in [0.5, 0.6) is 0 Å². The number of aliphatic carboxylic acids is 1. The normalized spacial score (nSPS) is 24.5. The highest BCUT2D eigenvalue weighted by Gasteiger charge is 2.52. The Balaban J connectivity index is 2.02. The molecule has 1 fully saturated rings. The minimum Gasteiger partial charge on any atom is -0.479 e. The van der Waals surface area contributed by atoms with Crippen LogP contribution in [-0.4, -0.2) is 45.2 Å². The summed E-state index contributed by atoms with van der Waals surface area (Å²) in [5.41, 5.74) is 2.03. The Morgan fingerprint density at radius 2 is 2.53 bits per heavy atom. The maximum Gasteiger partial charge on any atom is 0.345 e. The number of fused-ring (bicyclic) bond motifs is 4. The van der Waals surface area contributed by atoms with E-state index in [1.165, 1.54) is 27.4 Å². The molecule has 2 aliphatic rings. The molecule has 1 aromatic rings. The molecule has 0 aromatic carbocycles. The molecule has 2 aliphatic heterocycles. The fourth-order valence-corrected chi connectivity index (χ4v) is 3.29. The summed E-state index contributed by atoms with van der Waals surface area (Å²) in [6.45, 7) is 4.03. The van der Waals surface area contributed by atoms with Gasteiger partial charge in [0.05, 0.1) is 29.2 Å². The van der Waals surface area contributed by atoms with E-state index in [9.17, 15) is 14.7 Å². The number of thiazole rings is 1. The van der Waals surface area contributed by atoms with Gasteiger partial charge in [0.25, 0.3) is 0 Å². The second-order valence-corrected chi connectivity index (χ2v) is 5.09. The standard InChI is InChI=1S/C11H11N3O4S/c1-2-3-18-14-6-4-13(11(14)17)8(10(15)16)7-9(6)19-5-12-7/h2,5-6,8H,1,3-4H2,(H,15,16)/t6-,8+/m1/s1. The van der Waals surface area contributed by atoms with Gasteiger partial charge in [0.1, 0.15) is 6.04 Å². The minimum absolute atomic E-state index is 0.196. The molecule has 0 aliphatic carbocycles. The Hall–Kier alpha value is -1.93. The van der Waals surface area contributed by atoms with E-state index < -0.39 is 18.0 Å². The van der Waals surface area contributed by atoms with Gasteiger partial charge in [-0.2, -0.15) is 5.06 Å². The van der Waals surface area contributed by atoms with E-state index in [2.05, 4.69) is 11.6 Å². The van der Waals surface area contributed by atoms with E-state index in [0.717, 1.165) is 4.88 Å². The summed E-state index contributed by atoms with van der Waals surface area (Å²) in [6, 6.07) is -1.75. The number of carbonyl (C=O) groups excluding carboxylic acids is 1. The molecule has 0 radical (unpaired) electrons. The number of hydrogen-bond donors (Lipinski definition) is 1. The van der Waals surface area contributed by atoms with Crippen LogP contribution in [-0.2, 0) is 9.63 Å². The van der Waals surface area contributed by atoms with E-state index in [1.54, 1.807) is 5.51 Å². The van der Waals surface area contributed by atoms with Crippen LogP contribution in [0.4, 0.5) is 4.79 Å². The number of hydrogen-bond acceptors (Lipinski definition) is 5. The van der Waals surface area contributed by atoms with Crippen LogP contribution in [0.25, 0.3) is 0 Å². The lowest BCUT2D eigenvalue weighted by Crippen LogP contribution is -2.38. The van der Waals surface area contributed by atoms with Gasteiger partial charge < -0.3 is 10.0 Å². The van der Waals surface area contributed by atoms with Crippen molar-refractivity contribution in [3.05, 3.63) is 28.7 Å². The molecule has 1 saturated heterocycles. The van der Waals surface area contributed by atoms with Gasteiger partial charge in [-0.05, 0) is 0 Å². The highest BCUT2D eigenvalue weighted by atomic mass is 32.1. The van der Waals surface area contributed by atoms with Gasteiger partial charge in [-0.25, -0.2) is 14.6 Å². The third-order valence-corrected chi connectivity index (χ3v) is 4.10. The quantitative estimate of drug-likeness (QED) is 0.838. The van der Waals surface area contributed by atoms with E-state index in [4.69, 9.17) is 4.84 Å². The molecule has 0 spiro atoms. The van der Waals surface area contributed by atoms with Crippen molar-refractivity contribution >= 4 is 23.3 Å². The van der Waals surface area contributed by atoms with Crippen molar-refractivity contribution in [2.45, 2.75) is 12.1 Å². The fourth-order valence-electron chi connectivity index (χ4n) is 2.40. The van der Waals surface area contributed by atoms with Gasteiger partial charge >= 0.3 is 12.0 Å². The van der Waals surface area contributed by atoms with Crippen LogP contribution in [0.2, 0.25) is 0 Å². The zero-order valence-corrected chi connectivity index (χ0v) is 10.7. The molecule has 2 amide bonds. The second-order valence-electron chi connectivity index (χ2n) is 4.20. The van der Waals surface area contributed by atoms with Crippen molar-refractivity contribution in [2.24, 2.45) is 0 Å². The van der Waals surface area contributed by atoms with Gasteiger partial charge in [0.15, 0.2) is 6.04 Å². The Kier molecular flexibility index (Phi) is 2.76. The second kappa shape index (κ2) is 4.32. The topological polar surface area (TPSA) is 83.0 Å². The Morgan fingerprint density at radius 3 is 3.21 bits per heavy atom. The van der Waals surface area contributed by atoms with Crippen LogP contribution in [0.1, 0.15) is 22.7 Å². The lowest BCUT2D eigenvalue weighted by atomic mass is 10.0. The summed E-state index contributed by atoms with van der Waals surface area (Å²) in [5.74, 6) is -1.08. The molecule has 2 bridgehead atoms. The molecule has 1 aromatic heterocycles. The predicted molar refractivity (Wildman–Crippen MR) is 65.3 cm³/mol. The number of nitrogens with zero attached hydrogens (tertiary/aromatic N) is 3. The molecule has 7 nitrogen and oxygen atoms in total. The number of hydroxylamine groups is 2. The third-order valence-electron chi connectivity index (χ3n) is 3.15. The summed E-state index contributed by atoms with van der Waals surface area (Å²) >= 11 is 1.34. The van der Waals surface area contributed by atoms with Crippen molar-refractivity contribution in [1.82, 2.24) is 14.9 Å². The maximum atomic E-state index is 12.2. The largest absolute Gasteiger partial charge is 0.479 e. The van der Waals surface area contributed by atoms with Gasteiger partial charge in [0.2, 0.25) is 0 Å². The van der Waals surface area contributed by atoms with Crippen LogP contribution in [0, 0.1) is 0 Å². The van der Waals surface area contributed by atoms with Crippen molar-refractivity contribution in [1.29, 1.82) is 0 Å². The molecular weight excluding hydrogens is 270 g/mol. The molecule has 19 heavy (non-hydrogen) atoms. The smallest absolute Gasteiger partial charge is 0.345 e. The molecule has 0 saturated carbocycles. The van der Waals surface area contributed by atoms with E-state index >= 15 is 0 Å². The first-order valence-electron chi connectivity index (χ1n) is 5.65. The molecule has 3 rings (SSSR count). The first-order chi connectivity index (χ1) is 9.15. The maximum absolute atomic E-state index is 12.2. The lowest BCUT2D eigenvalue weighted by molar-refractivity contribution is -0.142. The predicted octanol–water partition coefficient (Wildman–Crippen LogP) is 1.18. The molecule has 3 heterocycles. The number of carboxylic acids is 1. The zero-order chi connectivity index (χ0) is 13.6. The molecule has 100 valence electrons. The zero-order valence-electron chi connectivity index (χ0n) is 9.85. The lowest BCUT2D eigenvalue weighted by Gasteiger charge is -2.26. The van der Waals surface area contributed by atoms with Gasteiger partial charge in [-0.3, -0.25) is 4.84 Å². The number of amides is 2.